The number of hydrogen-bond donors (Lipinski definition) is 3. The van der Waals surface area contributed by atoms with Gasteiger partial charge < -0.3 is 20.7 Å². The number of alkyl carbamates (subject to hydrolysis) is 1. The highest BCUT2D eigenvalue weighted by Crippen LogP contribution is 2.05. The lowest BCUT2D eigenvalue weighted by Crippen LogP contribution is -2.42. The predicted molar refractivity (Wildman–Crippen MR) is 99.8 cm³/mol. The number of guanidine groups is 1. The first-order valence-corrected chi connectivity index (χ1v) is 8.78. The van der Waals surface area contributed by atoms with Crippen LogP contribution in [0.2, 0.25) is 0 Å². The number of aryl methyl sites for hydroxylation is 2. The van der Waals surface area contributed by atoms with Crippen molar-refractivity contribution in [2.45, 2.75) is 53.2 Å². The number of nitrogens with one attached hydrogen (secondary N) is 3. The van der Waals surface area contributed by atoms with Gasteiger partial charge in [0.1, 0.15) is 5.60 Å². The number of aromatic nitrogens is 2. The molecule has 0 radical (unpaired) electrons. The zero-order chi connectivity index (χ0) is 18.7. The molecule has 0 atom stereocenters. The Balaban J connectivity index is 2.25. The van der Waals surface area contributed by atoms with E-state index in [1.54, 1.807) is 0 Å². The van der Waals surface area contributed by atoms with E-state index in [-0.39, 0.29) is 0 Å². The van der Waals surface area contributed by atoms with Crippen LogP contribution in [0.1, 0.15) is 39.7 Å². The van der Waals surface area contributed by atoms with E-state index in [9.17, 15) is 4.79 Å². The minimum atomic E-state index is -0.485. The Labute approximate surface area is 150 Å². The molecule has 0 spiro atoms. The molecule has 8 nitrogen and oxygen atoms in total. The van der Waals surface area contributed by atoms with Crippen LogP contribution in [0, 0.1) is 6.92 Å². The summed E-state index contributed by atoms with van der Waals surface area (Å²) in [5, 5.41) is 13.3. The summed E-state index contributed by atoms with van der Waals surface area (Å²) in [6.45, 7) is 12.9. The minimum Gasteiger partial charge on any atom is -0.444 e. The van der Waals surface area contributed by atoms with Crippen LogP contribution in [0.4, 0.5) is 4.79 Å². The molecule has 1 heterocycles. The highest BCUT2D eigenvalue weighted by molar-refractivity contribution is 5.79. The molecule has 0 saturated carbocycles. The van der Waals surface area contributed by atoms with Gasteiger partial charge in [0.2, 0.25) is 0 Å². The highest BCUT2D eigenvalue weighted by atomic mass is 16.6. The Bertz CT molecular complexity index is 548. The van der Waals surface area contributed by atoms with Gasteiger partial charge in [-0.05, 0) is 46.6 Å². The average Bonchev–Trinajstić information content (AvgIpc) is 2.91. The van der Waals surface area contributed by atoms with Crippen molar-refractivity contribution >= 4 is 12.1 Å². The molecule has 0 saturated heterocycles. The summed E-state index contributed by atoms with van der Waals surface area (Å²) in [4.78, 5) is 16.1. The second-order valence-corrected chi connectivity index (χ2v) is 6.75. The maximum absolute atomic E-state index is 11.6. The summed E-state index contributed by atoms with van der Waals surface area (Å²) in [6.07, 6.45) is 4.38. The van der Waals surface area contributed by atoms with E-state index in [4.69, 9.17) is 4.74 Å². The SMILES string of the molecule is CCNC(=NCCCn1cc(C)cn1)NCCNC(=O)OC(C)(C)C. The van der Waals surface area contributed by atoms with Gasteiger partial charge in [0.05, 0.1) is 6.20 Å². The summed E-state index contributed by atoms with van der Waals surface area (Å²) in [5.74, 6) is 0.741. The van der Waals surface area contributed by atoms with Gasteiger partial charge in [-0.1, -0.05) is 0 Å². The Morgan fingerprint density at radius 2 is 2.00 bits per heavy atom. The summed E-state index contributed by atoms with van der Waals surface area (Å²) in [6, 6.07) is 0. The first-order chi connectivity index (χ1) is 11.8. The van der Waals surface area contributed by atoms with Gasteiger partial charge in [-0.15, -0.1) is 0 Å². The molecule has 0 aliphatic rings. The quantitative estimate of drug-likeness (QED) is 0.376. The van der Waals surface area contributed by atoms with Crippen LogP contribution < -0.4 is 16.0 Å². The molecule has 1 amide bonds. The summed E-state index contributed by atoms with van der Waals surface area (Å²) in [7, 11) is 0. The smallest absolute Gasteiger partial charge is 0.407 e. The zero-order valence-electron chi connectivity index (χ0n) is 16.1. The number of nitrogens with zero attached hydrogens (tertiary/aromatic N) is 3. The fraction of sp³-hybridized carbons (Fsp3) is 0.706. The third-order valence-corrected chi connectivity index (χ3v) is 3.01. The van der Waals surface area contributed by atoms with Crippen LogP contribution >= 0.6 is 0 Å². The maximum atomic E-state index is 11.6. The van der Waals surface area contributed by atoms with E-state index in [0.717, 1.165) is 31.0 Å². The number of carbonyl (C=O) groups is 1. The van der Waals surface area contributed by atoms with Crippen LogP contribution in [-0.2, 0) is 11.3 Å². The normalized spacial score (nSPS) is 12.0. The number of aliphatic imine (C=N–C) groups is 1. The molecule has 1 aromatic rings. The number of ether oxygens (including phenoxy) is 1. The Morgan fingerprint density at radius 1 is 1.28 bits per heavy atom. The lowest BCUT2D eigenvalue weighted by Gasteiger charge is -2.19. The van der Waals surface area contributed by atoms with Gasteiger partial charge in [-0.2, -0.15) is 5.10 Å². The molecular weight excluding hydrogens is 320 g/mol. The van der Waals surface area contributed by atoms with Gasteiger partial charge in [0.25, 0.3) is 0 Å². The van der Waals surface area contributed by atoms with Crippen LogP contribution in [0.15, 0.2) is 17.4 Å². The van der Waals surface area contributed by atoms with Gasteiger partial charge in [-0.25, -0.2) is 4.79 Å². The Kier molecular flexibility index (Phi) is 8.80. The molecule has 25 heavy (non-hydrogen) atoms. The van der Waals surface area contributed by atoms with E-state index in [1.807, 2.05) is 51.7 Å². The molecule has 8 heteroatoms. The van der Waals surface area contributed by atoms with Gasteiger partial charge in [0, 0.05) is 38.9 Å². The van der Waals surface area contributed by atoms with Crippen LogP contribution in [-0.4, -0.2) is 53.6 Å². The van der Waals surface area contributed by atoms with E-state index < -0.39 is 11.7 Å². The molecular formula is C17H32N6O2. The minimum absolute atomic E-state index is 0.411. The first-order valence-electron chi connectivity index (χ1n) is 8.78. The molecule has 0 aromatic carbocycles. The highest BCUT2D eigenvalue weighted by Gasteiger charge is 2.15. The van der Waals surface area contributed by atoms with Crippen LogP contribution in [0.25, 0.3) is 0 Å². The van der Waals surface area contributed by atoms with Gasteiger partial charge >= 0.3 is 6.09 Å². The summed E-state index contributed by atoms with van der Waals surface area (Å²) >= 11 is 0. The zero-order valence-corrected chi connectivity index (χ0v) is 16.1. The topological polar surface area (TPSA) is 92.6 Å². The standard InChI is InChI=1S/C17H32N6O2/c1-6-18-15(19-8-7-11-23-13-14(2)12-22-23)20-9-10-21-16(24)25-17(3,4)5/h12-13H,6-11H2,1-5H3,(H,21,24)(H2,18,19,20). The molecule has 3 N–H and O–H groups in total. The van der Waals surface area contributed by atoms with Crippen molar-refractivity contribution in [2.75, 3.05) is 26.2 Å². The lowest BCUT2D eigenvalue weighted by atomic mass is 10.2. The average molecular weight is 352 g/mol. The van der Waals surface area contributed by atoms with Crippen molar-refractivity contribution < 1.29 is 9.53 Å². The largest absolute Gasteiger partial charge is 0.444 e. The molecule has 0 fully saturated rings. The molecule has 1 rings (SSSR count). The molecule has 1 aromatic heterocycles. The van der Waals surface area contributed by atoms with Crippen molar-refractivity contribution in [1.29, 1.82) is 0 Å². The third-order valence-electron chi connectivity index (χ3n) is 3.01. The predicted octanol–water partition coefficient (Wildman–Crippen LogP) is 1.66. The van der Waals surface area contributed by atoms with Crippen molar-refractivity contribution in [3.05, 3.63) is 18.0 Å². The number of amides is 1. The number of rotatable bonds is 8. The Morgan fingerprint density at radius 3 is 2.60 bits per heavy atom. The first kappa shape index (κ1) is 20.8. The van der Waals surface area contributed by atoms with E-state index in [1.165, 1.54) is 0 Å². The maximum Gasteiger partial charge on any atom is 0.407 e. The second-order valence-electron chi connectivity index (χ2n) is 6.75. The Hall–Kier alpha value is -2.25. The second kappa shape index (κ2) is 10.6. The fourth-order valence-corrected chi connectivity index (χ4v) is 2.01. The lowest BCUT2D eigenvalue weighted by molar-refractivity contribution is 0.0529. The van der Waals surface area contributed by atoms with Crippen molar-refractivity contribution in [1.82, 2.24) is 25.7 Å². The van der Waals surface area contributed by atoms with Crippen molar-refractivity contribution in [3.8, 4) is 0 Å². The van der Waals surface area contributed by atoms with E-state index >= 15 is 0 Å². The van der Waals surface area contributed by atoms with E-state index in [2.05, 4.69) is 26.0 Å². The van der Waals surface area contributed by atoms with Gasteiger partial charge in [-0.3, -0.25) is 9.67 Å². The molecule has 0 unspecified atom stereocenters. The summed E-state index contributed by atoms with van der Waals surface area (Å²) in [5.41, 5.74) is 0.678. The van der Waals surface area contributed by atoms with E-state index in [0.29, 0.717) is 19.6 Å². The van der Waals surface area contributed by atoms with Crippen molar-refractivity contribution in [2.24, 2.45) is 4.99 Å². The summed E-state index contributed by atoms with van der Waals surface area (Å²) < 4.78 is 7.11. The van der Waals surface area contributed by atoms with Crippen LogP contribution in [0.3, 0.4) is 0 Å². The fourth-order valence-electron chi connectivity index (χ4n) is 2.01. The molecule has 0 bridgehead atoms. The monoisotopic (exact) mass is 352 g/mol. The van der Waals surface area contributed by atoms with Gasteiger partial charge in [0.15, 0.2) is 5.96 Å². The molecule has 142 valence electrons. The number of hydrogen-bond acceptors (Lipinski definition) is 4. The number of carbonyl (C=O) groups excluding carboxylic acids is 1. The van der Waals surface area contributed by atoms with Crippen molar-refractivity contribution in [3.63, 3.8) is 0 Å². The third kappa shape index (κ3) is 10.3. The molecule has 0 aliphatic carbocycles. The molecule has 0 aliphatic heterocycles. The van der Waals surface area contributed by atoms with Crippen LogP contribution in [0.5, 0.6) is 0 Å².